The Bertz CT molecular complexity index is 1200. The van der Waals surface area contributed by atoms with Crippen LogP contribution in [0.15, 0.2) is 65.6 Å². The summed E-state index contributed by atoms with van der Waals surface area (Å²) in [6.45, 7) is 0. The van der Waals surface area contributed by atoms with Crippen LogP contribution >= 0.6 is 34.8 Å². The minimum Gasteiger partial charge on any atom is -0.495 e. The molecule has 0 spiro atoms. The molecule has 3 rings (SSSR count). The van der Waals surface area contributed by atoms with Gasteiger partial charge in [-0.3, -0.25) is 9.52 Å². The third-order valence-electron chi connectivity index (χ3n) is 4.01. The van der Waals surface area contributed by atoms with Crippen LogP contribution in [-0.4, -0.2) is 21.4 Å². The Hall–Kier alpha value is -2.45. The van der Waals surface area contributed by atoms with Gasteiger partial charge in [0.05, 0.1) is 28.4 Å². The van der Waals surface area contributed by atoms with Crippen molar-refractivity contribution in [2.45, 2.75) is 4.90 Å². The summed E-state index contributed by atoms with van der Waals surface area (Å²) in [6.07, 6.45) is 0. The molecule has 1 amide bonds. The Morgan fingerprint density at radius 1 is 0.867 bits per heavy atom. The number of hydrogen-bond acceptors (Lipinski definition) is 4. The minimum atomic E-state index is -4.02. The molecule has 0 aliphatic heterocycles. The van der Waals surface area contributed by atoms with Crippen molar-refractivity contribution in [3.05, 3.63) is 81.3 Å². The van der Waals surface area contributed by atoms with E-state index in [1.54, 1.807) is 30.3 Å². The maximum atomic E-state index is 12.8. The number of carbonyl (C=O) groups is 1. The van der Waals surface area contributed by atoms with E-state index in [4.69, 9.17) is 39.5 Å². The normalized spacial score (nSPS) is 11.1. The highest BCUT2D eigenvalue weighted by atomic mass is 35.5. The van der Waals surface area contributed by atoms with Gasteiger partial charge in [-0.05, 0) is 60.7 Å². The number of hydrogen-bond donors (Lipinski definition) is 2. The Balaban J connectivity index is 1.92. The van der Waals surface area contributed by atoms with E-state index in [0.29, 0.717) is 15.6 Å². The zero-order valence-electron chi connectivity index (χ0n) is 15.4. The van der Waals surface area contributed by atoms with Crippen molar-refractivity contribution in [3.8, 4) is 5.75 Å². The van der Waals surface area contributed by atoms with Gasteiger partial charge in [-0.25, -0.2) is 8.42 Å². The third kappa shape index (κ3) is 5.17. The third-order valence-corrected chi connectivity index (χ3v) is 6.19. The van der Waals surface area contributed by atoms with Gasteiger partial charge in [0.25, 0.3) is 15.9 Å². The number of sulfonamides is 1. The smallest absolute Gasteiger partial charge is 0.262 e. The first-order chi connectivity index (χ1) is 14.2. The predicted molar refractivity (Wildman–Crippen MR) is 120 cm³/mol. The van der Waals surface area contributed by atoms with Gasteiger partial charge < -0.3 is 10.1 Å². The van der Waals surface area contributed by atoms with Crippen LogP contribution in [0, 0.1) is 0 Å². The van der Waals surface area contributed by atoms with Gasteiger partial charge in [-0.2, -0.15) is 0 Å². The molecule has 0 radical (unpaired) electrons. The molecule has 0 aromatic heterocycles. The SMILES string of the molecule is COc1ccc(S(=O)(=O)Nc2cc(Cl)ccc2Cl)cc1NC(=O)c1ccc(Cl)cc1. The van der Waals surface area contributed by atoms with Crippen molar-refractivity contribution < 1.29 is 17.9 Å². The van der Waals surface area contributed by atoms with Crippen molar-refractivity contribution in [3.63, 3.8) is 0 Å². The molecule has 0 saturated carbocycles. The molecule has 6 nitrogen and oxygen atoms in total. The Morgan fingerprint density at radius 3 is 2.20 bits per heavy atom. The highest BCUT2D eigenvalue weighted by Gasteiger charge is 2.19. The molecule has 156 valence electrons. The molecule has 10 heteroatoms. The van der Waals surface area contributed by atoms with Gasteiger partial charge in [0.1, 0.15) is 5.75 Å². The molecule has 0 heterocycles. The second-order valence-corrected chi connectivity index (χ2v) is 9.02. The topological polar surface area (TPSA) is 84.5 Å². The van der Waals surface area contributed by atoms with Gasteiger partial charge in [-0.1, -0.05) is 34.8 Å². The number of anilines is 2. The quantitative estimate of drug-likeness (QED) is 0.468. The number of nitrogens with one attached hydrogen (secondary N) is 2. The van der Waals surface area contributed by atoms with E-state index in [2.05, 4.69) is 10.0 Å². The van der Waals surface area contributed by atoms with Crippen LogP contribution in [0.1, 0.15) is 10.4 Å². The van der Waals surface area contributed by atoms with E-state index < -0.39 is 15.9 Å². The molecule has 0 saturated heterocycles. The molecular formula is C20H15Cl3N2O4S. The van der Waals surface area contributed by atoms with Gasteiger partial charge in [-0.15, -0.1) is 0 Å². The number of amides is 1. The zero-order valence-corrected chi connectivity index (χ0v) is 18.5. The Labute approximate surface area is 188 Å². The van der Waals surface area contributed by atoms with Crippen molar-refractivity contribution in [2.24, 2.45) is 0 Å². The molecule has 0 aliphatic carbocycles. The highest BCUT2D eigenvalue weighted by Crippen LogP contribution is 2.31. The zero-order chi connectivity index (χ0) is 21.9. The first-order valence-electron chi connectivity index (χ1n) is 8.42. The number of benzene rings is 3. The van der Waals surface area contributed by atoms with E-state index in [0.717, 1.165) is 0 Å². The van der Waals surface area contributed by atoms with Gasteiger partial charge in [0.2, 0.25) is 0 Å². The number of ether oxygens (including phenoxy) is 1. The molecule has 0 fully saturated rings. The average Bonchev–Trinajstić information content (AvgIpc) is 2.71. The van der Waals surface area contributed by atoms with Crippen LogP contribution in [-0.2, 0) is 10.0 Å². The standard InChI is InChI=1S/C20H15Cl3N2O4S/c1-29-19-9-7-15(30(27,28)25-17-10-14(22)6-8-16(17)23)11-18(19)24-20(26)12-2-4-13(21)5-3-12/h2-11,25H,1H3,(H,24,26). The minimum absolute atomic E-state index is 0.106. The molecule has 2 N–H and O–H groups in total. The van der Waals surface area contributed by atoms with Gasteiger partial charge >= 0.3 is 0 Å². The fourth-order valence-electron chi connectivity index (χ4n) is 2.53. The summed E-state index contributed by atoms with van der Waals surface area (Å²) >= 11 is 17.8. The fourth-order valence-corrected chi connectivity index (χ4v) is 4.14. The summed E-state index contributed by atoms with van der Waals surface area (Å²) in [5, 5.41) is 3.65. The highest BCUT2D eigenvalue weighted by molar-refractivity contribution is 7.92. The second kappa shape index (κ2) is 9.14. The summed E-state index contributed by atoms with van der Waals surface area (Å²) in [7, 11) is -2.62. The molecule has 30 heavy (non-hydrogen) atoms. The summed E-state index contributed by atoms with van der Waals surface area (Å²) in [6, 6.07) is 14.7. The lowest BCUT2D eigenvalue weighted by atomic mass is 10.2. The van der Waals surface area contributed by atoms with Crippen LogP contribution in [0.4, 0.5) is 11.4 Å². The first kappa shape index (κ1) is 22.2. The molecule has 3 aromatic rings. The Kier molecular flexibility index (Phi) is 6.77. The van der Waals surface area contributed by atoms with Crippen LogP contribution in [0.5, 0.6) is 5.75 Å². The van der Waals surface area contributed by atoms with Crippen LogP contribution in [0.3, 0.4) is 0 Å². The molecule has 0 aliphatic rings. The summed E-state index contributed by atoms with van der Waals surface area (Å²) in [5.74, 6) is -0.164. The molecule has 3 aromatic carbocycles. The molecule has 0 bridgehead atoms. The van der Waals surface area contributed by atoms with Crippen LogP contribution in [0.2, 0.25) is 15.1 Å². The lowest BCUT2D eigenvalue weighted by Crippen LogP contribution is -2.16. The van der Waals surface area contributed by atoms with Crippen LogP contribution in [0.25, 0.3) is 0 Å². The lowest BCUT2D eigenvalue weighted by Gasteiger charge is -2.14. The maximum Gasteiger partial charge on any atom is 0.262 e. The maximum absolute atomic E-state index is 12.8. The molecule has 0 atom stereocenters. The number of carbonyl (C=O) groups excluding carboxylic acids is 1. The number of methoxy groups -OCH3 is 1. The van der Waals surface area contributed by atoms with Crippen LogP contribution < -0.4 is 14.8 Å². The summed E-state index contributed by atoms with van der Waals surface area (Å²) < 4.78 is 33.3. The number of rotatable bonds is 6. The van der Waals surface area contributed by atoms with Crippen molar-refractivity contribution in [1.82, 2.24) is 0 Å². The monoisotopic (exact) mass is 484 g/mol. The van der Waals surface area contributed by atoms with E-state index in [9.17, 15) is 13.2 Å². The fraction of sp³-hybridized carbons (Fsp3) is 0.0500. The van der Waals surface area contributed by atoms with Crippen molar-refractivity contribution >= 4 is 62.1 Å². The largest absolute Gasteiger partial charge is 0.495 e. The summed E-state index contributed by atoms with van der Waals surface area (Å²) in [5.41, 5.74) is 0.655. The molecule has 0 unspecified atom stereocenters. The average molecular weight is 486 g/mol. The van der Waals surface area contributed by atoms with Gasteiger partial charge in [0.15, 0.2) is 0 Å². The Morgan fingerprint density at radius 2 is 1.53 bits per heavy atom. The lowest BCUT2D eigenvalue weighted by molar-refractivity contribution is 0.102. The van der Waals surface area contributed by atoms with E-state index in [1.165, 1.54) is 37.4 Å². The first-order valence-corrected chi connectivity index (χ1v) is 11.0. The number of halogens is 3. The van der Waals surface area contributed by atoms with Gasteiger partial charge in [0, 0.05) is 15.6 Å². The predicted octanol–water partition coefficient (Wildman–Crippen LogP) is 5.71. The van der Waals surface area contributed by atoms with E-state index in [1.807, 2.05) is 0 Å². The van der Waals surface area contributed by atoms with Crippen molar-refractivity contribution in [2.75, 3.05) is 17.1 Å². The van der Waals surface area contributed by atoms with E-state index >= 15 is 0 Å². The van der Waals surface area contributed by atoms with Crippen molar-refractivity contribution in [1.29, 1.82) is 0 Å². The second-order valence-electron chi connectivity index (χ2n) is 6.05. The molecular weight excluding hydrogens is 471 g/mol. The van der Waals surface area contributed by atoms with E-state index in [-0.39, 0.29) is 27.0 Å². The summed E-state index contributed by atoms with van der Waals surface area (Å²) in [4.78, 5) is 12.4.